The molecule has 0 aliphatic carbocycles. The summed E-state index contributed by atoms with van der Waals surface area (Å²) in [4.78, 5) is 41.3. The van der Waals surface area contributed by atoms with Gasteiger partial charge in [-0.15, -0.1) is 0 Å². The van der Waals surface area contributed by atoms with Crippen LogP contribution >= 0.6 is 11.6 Å². The first kappa shape index (κ1) is 16.0. The highest BCUT2D eigenvalue weighted by Crippen LogP contribution is 2.23. The zero-order valence-electron chi connectivity index (χ0n) is 12.6. The van der Waals surface area contributed by atoms with Crippen LogP contribution in [0.4, 0.5) is 0 Å². The number of nitrogens with zero attached hydrogens (tertiary/aromatic N) is 1. The van der Waals surface area contributed by atoms with Crippen molar-refractivity contribution in [2.75, 3.05) is 0 Å². The number of hydrogen-bond donors (Lipinski definition) is 0. The zero-order valence-corrected chi connectivity index (χ0v) is 13.3. The van der Waals surface area contributed by atoms with Crippen molar-refractivity contribution < 1.29 is 24.0 Å². The van der Waals surface area contributed by atoms with Gasteiger partial charge in [-0.1, -0.05) is 28.8 Å². The van der Waals surface area contributed by atoms with Gasteiger partial charge in [0, 0.05) is 5.02 Å². The Kier molecular flexibility index (Phi) is 4.22. The van der Waals surface area contributed by atoms with Crippen molar-refractivity contribution in [3.63, 3.8) is 0 Å². The van der Waals surface area contributed by atoms with Gasteiger partial charge in [-0.2, -0.15) is 0 Å². The van der Waals surface area contributed by atoms with Gasteiger partial charge < -0.3 is 9.57 Å². The van der Waals surface area contributed by atoms with Gasteiger partial charge in [-0.25, -0.2) is 4.79 Å². The number of hydrogen-bond acceptors (Lipinski definition) is 5. The van der Waals surface area contributed by atoms with E-state index in [-0.39, 0.29) is 11.1 Å². The maximum Gasteiger partial charge on any atom is 0.373 e. The van der Waals surface area contributed by atoms with Gasteiger partial charge in [0.15, 0.2) is 6.10 Å². The van der Waals surface area contributed by atoms with Crippen molar-refractivity contribution in [3.8, 4) is 5.75 Å². The van der Waals surface area contributed by atoms with E-state index in [2.05, 4.69) is 0 Å². The number of carbonyl (C=O) groups excluding carboxylic acids is 3. The number of ether oxygens (including phenoxy) is 1. The van der Waals surface area contributed by atoms with Gasteiger partial charge >= 0.3 is 5.97 Å². The number of halogens is 1. The van der Waals surface area contributed by atoms with Crippen LogP contribution in [0.25, 0.3) is 0 Å². The summed E-state index contributed by atoms with van der Waals surface area (Å²) >= 11 is 5.77. The lowest BCUT2D eigenvalue weighted by molar-refractivity contribution is -0.176. The molecule has 1 heterocycles. The van der Waals surface area contributed by atoms with Crippen LogP contribution in [0.2, 0.25) is 5.02 Å². The molecule has 2 amide bonds. The maximum absolute atomic E-state index is 12.1. The molecular formula is C17H12ClNO5. The van der Waals surface area contributed by atoms with E-state index < -0.39 is 23.9 Å². The van der Waals surface area contributed by atoms with Crippen LogP contribution in [-0.2, 0) is 9.63 Å². The lowest BCUT2D eigenvalue weighted by Gasteiger charge is -2.17. The number of amides is 2. The Hall–Kier alpha value is -2.86. The molecule has 0 N–H and O–H groups in total. The molecule has 0 aromatic heterocycles. The largest absolute Gasteiger partial charge is 0.479 e. The third-order valence-corrected chi connectivity index (χ3v) is 3.65. The average molecular weight is 346 g/mol. The van der Waals surface area contributed by atoms with E-state index in [9.17, 15) is 14.4 Å². The van der Waals surface area contributed by atoms with Crippen LogP contribution in [0.5, 0.6) is 5.75 Å². The van der Waals surface area contributed by atoms with Crippen molar-refractivity contribution >= 4 is 29.4 Å². The number of imide groups is 1. The summed E-state index contributed by atoms with van der Waals surface area (Å²) in [7, 11) is 0. The molecule has 0 saturated heterocycles. The van der Waals surface area contributed by atoms with Crippen LogP contribution in [0.15, 0.2) is 48.5 Å². The number of carbonyl (C=O) groups is 3. The van der Waals surface area contributed by atoms with Crippen molar-refractivity contribution in [1.29, 1.82) is 0 Å². The summed E-state index contributed by atoms with van der Waals surface area (Å²) in [6.45, 7) is 1.45. The number of benzene rings is 2. The van der Waals surface area contributed by atoms with E-state index in [4.69, 9.17) is 21.2 Å². The lowest BCUT2D eigenvalue weighted by atomic mass is 10.1. The van der Waals surface area contributed by atoms with E-state index in [0.717, 1.165) is 0 Å². The van der Waals surface area contributed by atoms with Crippen LogP contribution < -0.4 is 4.74 Å². The molecule has 0 saturated carbocycles. The Morgan fingerprint density at radius 1 is 1.00 bits per heavy atom. The highest BCUT2D eigenvalue weighted by molar-refractivity contribution is 6.30. The normalized spacial score (nSPS) is 14.3. The number of fused-ring (bicyclic) bond motifs is 1. The van der Waals surface area contributed by atoms with Crippen LogP contribution in [-0.4, -0.2) is 29.0 Å². The molecule has 0 bridgehead atoms. The first-order valence-electron chi connectivity index (χ1n) is 7.09. The van der Waals surface area contributed by atoms with E-state index in [0.29, 0.717) is 15.8 Å². The van der Waals surface area contributed by atoms with Crippen LogP contribution in [0, 0.1) is 0 Å². The quantitative estimate of drug-likeness (QED) is 0.797. The predicted molar refractivity (Wildman–Crippen MR) is 84.6 cm³/mol. The molecule has 3 rings (SSSR count). The smallest absolute Gasteiger partial charge is 0.373 e. The third kappa shape index (κ3) is 2.96. The third-order valence-electron chi connectivity index (χ3n) is 3.40. The van der Waals surface area contributed by atoms with Gasteiger partial charge in [0.05, 0.1) is 11.1 Å². The van der Waals surface area contributed by atoms with Gasteiger partial charge in [-0.3, -0.25) is 9.59 Å². The molecule has 6 nitrogen and oxygen atoms in total. The summed E-state index contributed by atoms with van der Waals surface area (Å²) in [6, 6.07) is 12.7. The highest BCUT2D eigenvalue weighted by atomic mass is 35.5. The van der Waals surface area contributed by atoms with Crippen molar-refractivity contribution in [1.82, 2.24) is 5.06 Å². The summed E-state index contributed by atoms with van der Waals surface area (Å²) in [5.74, 6) is -1.81. The zero-order chi connectivity index (χ0) is 17.3. The number of hydroxylamine groups is 2. The maximum atomic E-state index is 12.1. The minimum Gasteiger partial charge on any atom is -0.479 e. The molecule has 1 aliphatic rings. The van der Waals surface area contributed by atoms with Gasteiger partial charge in [0.1, 0.15) is 5.75 Å². The molecule has 0 fully saturated rings. The van der Waals surface area contributed by atoms with Crippen molar-refractivity contribution in [2.24, 2.45) is 0 Å². The summed E-state index contributed by atoms with van der Waals surface area (Å²) < 4.78 is 5.41. The minimum atomic E-state index is -1.02. The molecule has 7 heteroatoms. The van der Waals surface area contributed by atoms with Gasteiger partial charge in [0.25, 0.3) is 11.8 Å². The molecule has 1 aliphatic heterocycles. The summed E-state index contributed by atoms with van der Waals surface area (Å²) in [5.41, 5.74) is 0.392. The fourth-order valence-corrected chi connectivity index (χ4v) is 2.31. The first-order chi connectivity index (χ1) is 11.5. The molecule has 0 spiro atoms. The lowest BCUT2D eigenvalue weighted by Crippen LogP contribution is -2.37. The van der Waals surface area contributed by atoms with Crippen molar-refractivity contribution in [2.45, 2.75) is 13.0 Å². The Morgan fingerprint density at radius 2 is 1.54 bits per heavy atom. The fraction of sp³-hybridized carbons (Fsp3) is 0.118. The Morgan fingerprint density at radius 3 is 2.08 bits per heavy atom. The predicted octanol–water partition coefficient (Wildman–Crippen LogP) is 2.86. The van der Waals surface area contributed by atoms with Crippen molar-refractivity contribution in [3.05, 3.63) is 64.7 Å². The second-order valence-electron chi connectivity index (χ2n) is 5.07. The molecule has 0 unspecified atom stereocenters. The number of rotatable bonds is 4. The second-order valence-corrected chi connectivity index (χ2v) is 5.51. The second kappa shape index (κ2) is 6.33. The van der Waals surface area contributed by atoms with E-state index in [1.807, 2.05) is 0 Å². The summed E-state index contributed by atoms with van der Waals surface area (Å²) in [5, 5.41) is 0.984. The molecule has 0 radical (unpaired) electrons. The standard InChI is InChI=1S/C17H12ClNO5/c1-10(23-12-8-6-11(18)7-9-12)17(22)24-19-15(20)13-4-2-3-5-14(13)16(19)21/h2-10H,1H3/t10-/m0/s1. The topological polar surface area (TPSA) is 72.9 Å². The van der Waals surface area contributed by atoms with Gasteiger partial charge in [0.2, 0.25) is 0 Å². The van der Waals surface area contributed by atoms with E-state index >= 15 is 0 Å². The Labute approximate surface area is 142 Å². The highest BCUT2D eigenvalue weighted by Gasteiger charge is 2.39. The monoisotopic (exact) mass is 345 g/mol. The molecule has 1 atom stereocenters. The van der Waals surface area contributed by atoms with Crippen LogP contribution in [0.1, 0.15) is 27.6 Å². The Bertz CT molecular complexity index is 783. The molecule has 2 aromatic rings. The average Bonchev–Trinajstić information content (AvgIpc) is 2.82. The SMILES string of the molecule is C[C@H](Oc1ccc(Cl)cc1)C(=O)ON1C(=O)c2ccccc2C1=O. The van der Waals surface area contributed by atoms with Crippen LogP contribution in [0.3, 0.4) is 0 Å². The minimum absolute atomic E-state index is 0.196. The molecule has 2 aromatic carbocycles. The molecular weight excluding hydrogens is 334 g/mol. The van der Waals surface area contributed by atoms with Gasteiger partial charge in [-0.05, 0) is 43.3 Å². The molecule has 24 heavy (non-hydrogen) atoms. The fourth-order valence-electron chi connectivity index (χ4n) is 2.18. The summed E-state index contributed by atoms with van der Waals surface area (Å²) in [6.07, 6.45) is -1.02. The van der Waals surface area contributed by atoms with E-state index in [1.54, 1.807) is 36.4 Å². The first-order valence-corrected chi connectivity index (χ1v) is 7.47. The molecule has 122 valence electrons. The Balaban J connectivity index is 1.68. The van der Waals surface area contributed by atoms with E-state index in [1.165, 1.54) is 19.1 Å².